The highest BCUT2D eigenvalue weighted by atomic mass is 32.2. The molecule has 8 nitrogen and oxygen atoms in total. The van der Waals surface area contributed by atoms with Crippen molar-refractivity contribution in [3.05, 3.63) is 78.4 Å². The highest BCUT2D eigenvalue weighted by Crippen LogP contribution is 2.33. The minimum absolute atomic E-state index is 0.0578. The number of sulfonamides is 1. The summed E-state index contributed by atoms with van der Waals surface area (Å²) in [6.45, 7) is 0. The maximum atomic E-state index is 12.1. The number of para-hydroxylation sites is 1. The summed E-state index contributed by atoms with van der Waals surface area (Å²) < 4.78 is 31.0. The number of fused-ring (bicyclic) bond motifs is 1. The van der Waals surface area contributed by atoms with Gasteiger partial charge in [-0.25, -0.2) is 17.7 Å². The highest BCUT2D eigenvalue weighted by Gasteiger charge is 2.15. The molecule has 2 N–H and O–H groups in total. The van der Waals surface area contributed by atoms with E-state index in [9.17, 15) is 8.42 Å². The molecule has 0 saturated carbocycles. The van der Waals surface area contributed by atoms with Gasteiger partial charge in [0.05, 0.1) is 23.8 Å². The Balaban J connectivity index is 1.66. The van der Waals surface area contributed by atoms with E-state index in [1.165, 1.54) is 18.4 Å². The maximum absolute atomic E-state index is 12.1. The van der Waals surface area contributed by atoms with E-state index in [0.717, 1.165) is 22.3 Å². The second kappa shape index (κ2) is 9.43. The zero-order valence-electron chi connectivity index (χ0n) is 18.6. The molecule has 0 spiro atoms. The molecule has 0 aliphatic carbocycles. The zero-order valence-corrected chi connectivity index (χ0v) is 19.4. The fourth-order valence-corrected chi connectivity index (χ4v) is 4.15. The van der Waals surface area contributed by atoms with Crippen LogP contribution in [0.3, 0.4) is 0 Å². The van der Waals surface area contributed by atoms with Gasteiger partial charge in [0, 0.05) is 25.5 Å². The summed E-state index contributed by atoms with van der Waals surface area (Å²) in [6, 6.07) is 22.6. The molecule has 0 bridgehead atoms. The molecule has 1 heterocycles. The molecule has 1 aromatic heterocycles. The van der Waals surface area contributed by atoms with Gasteiger partial charge in [0.1, 0.15) is 11.6 Å². The first-order valence-electron chi connectivity index (χ1n) is 10.3. The van der Waals surface area contributed by atoms with Crippen molar-refractivity contribution < 1.29 is 13.2 Å². The number of ether oxygens (including phenoxy) is 1. The van der Waals surface area contributed by atoms with Crippen LogP contribution in [0, 0.1) is 0 Å². The standard InChI is InChI=1S/C24H25N5O3S/c1-29(2)33(30,31)16-17-12-14-19(15-13-17)26-24-27-20-10-7-11-21(32-3)22(20)23(28-24)25-18-8-5-4-6-9-18/h4-15H,16H2,1-3H3,(H2,25,26,27,28). The van der Waals surface area contributed by atoms with Gasteiger partial charge in [-0.05, 0) is 42.0 Å². The van der Waals surface area contributed by atoms with Crippen molar-refractivity contribution in [2.75, 3.05) is 31.8 Å². The molecule has 0 amide bonds. The Morgan fingerprint density at radius 1 is 0.848 bits per heavy atom. The van der Waals surface area contributed by atoms with Crippen LogP contribution >= 0.6 is 0 Å². The lowest BCUT2D eigenvalue weighted by Crippen LogP contribution is -2.23. The first-order valence-corrected chi connectivity index (χ1v) is 11.9. The van der Waals surface area contributed by atoms with E-state index in [4.69, 9.17) is 4.74 Å². The third-order valence-corrected chi connectivity index (χ3v) is 6.87. The molecule has 9 heteroatoms. The Labute approximate surface area is 193 Å². The van der Waals surface area contributed by atoms with E-state index in [1.807, 2.05) is 60.7 Å². The van der Waals surface area contributed by atoms with Crippen molar-refractivity contribution in [1.82, 2.24) is 14.3 Å². The Hall–Kier alpha value is -3.69. The van der Waals surface area contributed by atoms with Gasteiger partial charge in [0.25, 0.3) is 0 Å². The molecule has 0 aliphatic heterocycles. The zero-order chi connectivity index (χ0) is 23.4. The highest BCUT2D eigenvalue weighted by molar-refractivity contribution is 7.88. The lowest BCUT2D eigenvalue weighted by molar-refractivity contribution is 0.420. The van der Waals surface area contributed by atoms with Gasteiger partial charge >= 0.3 is 0 Å². The quantitative estimate of drug-likeness (QED) is 0.397. The summed E-state index contributed by atoms with van der Waals surface area (Å²) in [5.74, 6) is 1.63. The van der Waals surface area contributed by atoms with Crippen molar-refractivity contribution in [3.63, 3.8) is 0 Å². The SMILES string of the molecule is COc1cccc2nc(Nc3ccc(CS(=O)(=O)N(C)C)cc3)nc(Nc3ccccc3)c12. The number of benzene rings is 3. The number of methoxy groups -OCH3 is 1. The normalized spacial score (nSPS) is 11.5. The lowest BCUT2D eigenvalue weighted by Gasteiger charge is -2.14. The maximum Gasteiger partial charge on any atom is 0.229 e. The largest absolute Gasteiger partial charge is 0.496 e. The fraction of sp³-hybridized carbons (Fsp3) is 0.167. The summed E-state index contributed by atoms with van der Waals surface area (Å²) in [6.07, 6.45) is 0. The predicted octanol–water partition coefficient (Wildman–Crippen LogP) is 4.52. The molecule has 0 unspecified atom stereocenters. The van der Waals surface area contributed by atoms with Gasteiger partial charge in [-0.15, -0.1) is 0 Å². The fourth-order valence-electron chi connectivity index (χ4n) is 3.28. The van der Waals surface area contributed by atoms with Gasteiger partial charge in [-0.2, -0.15) is 4.98 Å². The van der Waals surface area contributed by atoms with Gasteiger partial charge < -0.3 is 15.4 Å². The van der Waals surface area contributed by atoms with Crippen LogP contribution in [0.25, 0.3) is 10.9 Å². The van der Waals surface area contributed by atoms with E-state index in [1.54, 1.807) is 19.2 Å². The number of aromatic nitrogens is 2. The van der Waals surface area contributed by atoms with Crippen LogP contribution in [-0.4, -0.2) is 43.9 Å². The van der Waals surface area contributed by atoms with Crippen LogP contribution in [0.5, 0.6) is 5.75 Å². The monoisotopic (exact) mass is 463 g/mol. The summed E-state index contributed by atoms with van der Waals surface area (Å²) in [7, 11) is 1.35. The van der Waals surface area contributed by atoms with Crippen LogP contribution < -0.4 is 15.4 Å². The average Bonchev–Trinajstić information content (AvgIpc) is 2.80. The molecule has 4 rings (SSSR count). The van der Waals surface area contributed by atoms with Crippen LogP contribution in [0.1, 0.15) is 5.56 Å². The molecule has 170 valence electrons. The molecule has 0 aliphatic rings. The number of nitrogens with zero attached hydrogens (tertiary/aromatic N) is 3. The molecule has 0 saturated heterocycles. The van der Waals surface area contributed by atoms with Crippen LogP contribution in [0.2, 0.25) is 0 Å². The first-order chi connectivity index (χ1) is 15.9. The predicted molar refractivity (Wildman–Crippen MR) is 132 cm³/mol. The second-order valence-electron chi connectivity index (χ2n) is 7.60. The Kier molecular flexibility index (Phi) is 6.43. The number of nitrogens with one attached hydrogen (secondary N) is 2. The summed E-state index contributed by atoms with van der Waals surface area (Å²) in [5, 5.41) is 7.34. The Morgan fingerprint density at radius 2 is 1.55 bits per heavy atom. The van der Waals surface area contributed by atoms with Crippen molar-refractivity contribution in [1.29, 1.82) is 0 Å². The van der Waals surface area contributed by atoms with Crippen LogP contribution in [0.4, 0.5) is 23.1 Å². The number of hydrogen-bond acceptors (Lipinski definition) is 7. The first kappa shape index (κ1) is 22.5. The molecular formula is C24H25N5O3S. The van der Waals surface area contributed by atoms with E-state index in [-0.39, 0.29) is 5.75 Å². The van der Waals surface area contributed by atoms with Crippen LogP contribution in [-0.2, 0) is 15.8 Å². The lowest BCUT2D eigenvalue weighted by atomic mass is 10.2. The third-order valence-electron chi connectivity index (χ3n) is 5.06. The third kappa shape index (κ3) is 5.21. The average molecular weight is 464 g/mol. The summed E-state index contributed by atoms with van der Waals surface area (Å²) >= 11 is 0. The number of anilines is 4. The molecular weight excluding hydrogens is 438 g/mol. The van der Waals surface area contributed by atoms with E-state index >= 15 is 0 Å². The van der Waals surface area contributed by atoms with E-state index in [2.05, 4.69) is 20.6 Å². The Morgan fingerprint density at radius 3 is 2.21 bits per heavy atom. The molecule has 0 radical (unpaired) electrons. The second-order valence-corrected chi connectivity index (χ2v) is 9.78. The van der Waals surface area contributed by atoms with Gasteiger partial charge in [-0.1, -0.05) is 36.4 Å². The molecule has 0 fully saturated rings. The van der Waals surface area contributed by atoms with Gasteiger partial charge in [0.2, 0.25) is 16.0 Å². The van der Waals surface area contributed by atoms with Crippen molar-refractivity contribution >= 4 is 44.1 Å². The Bertz CT molecular complexity index is 1360. The topological polar surface area (TPSA) is 96.4 Å². The summed E-state index contributed by atoms with van der Waals surface area (Å²) in [4.78, 5) is 9.33. The van der Waals surface area contributed by atoms with Crippen LogP contribution in [0.15, 0.2) is 72.8 Å². The minimum atomic E-state index is -3.32. The van der Waals surface area contributed by atoms with Gasteiger partial charge in [0.15, 0.2) is 0 Å². The molecule has 0 atom stereocenters. The van der Waals surface area contributed by atoms with Crippen molar-refractivity contribution in [2.45, 2.75) is 5.75 Å². The number of hydrogen-bond donors (Lipinski definition) is 2. The smallest absolute Gasteiger partial charge is 0.229 e. The van der Waals surface area contributed by atoms with Crippen molar-refractivity contribution in [2.24, 2.45) is 0 Å². The minimum Gasteiger partial charge on any atom is -0.496 e. The van der Waals surface area contributed by atoms with Gasteiger partial charge in [-0.3, -0.25) is 0 Å². The summed E-state index contributed by atoms with van der Waals surface area (Å²) in [5.41, 5.74) is 3.05. The van der Waals surface area contributed by atoms with Crippen molar-refractivity contribution in [3.8, 4) is 5.75 Å². The van der Waals surface area contributed by atoms with E-state index in [0.29, 0.717) is 23.1 Å². The molecule has 3 aromatic carbocycles. The van der Waals surface area contributed by atoms with E-state index < -0.39 is 10.0 Å². The molecule has 4 aromatic rings. The number of rotatable bonds is 8. The molecule has 33 heavy (non-hydrogen) atoms.